The van der Waals surface area contributed by atoms with Gasteiger partial charge in [-0.2, -0.15) is 5.10 Å². The van der Waals surface area contributed by atoms with Crippen LogP contribution in [-0.2, 0) is 7.05 Å². The van der Waals surface area contributed by atoms with E-state index in [1.54, 1.807) is 0 Å². The Morgan fingerprint density at radius 3 is 2.59 bits per heavy atom. The molecule has 1 fully saturated rings. The molecule has 150 valence electrons. The molecule has 3 aromatic rings. The maximum Gasteiger partial charge on any atom is 0.130 e. The maximum atomic E-state index is 4.78. The van der Waals surface area contributed by atoms with Gasteiger partial charge >= 0.3 is 0 Å². The molecule has 5 heteroatoms. The van der Waals surface area contributed by atoms with Gasteiger partial charge in [-0.05, 0) is 75.3 Å². The SMILES string of the molecule is C=C(c1ccc2nn(C)cc2c1)c1ccc(NC(=C)C2CCN(C)CC2)nc1C. The molecule has 0 bridgehead atoms. The summed E-state index contributed by atoms with van der Waals surface area (Å²) in [6.07, 6.45) is 4.32. The number of piperidine rings is 1. The van der Waals surface area contributed by atoms with Crippen LogP contribution >= 0.6 is 0 Å². The molecule has 0 amide bonds. The number of aromatic nitrogens is 3. The van der Waals surface area contributed by atoms with Crippen LogP contribution in [0.4, 0.5) is 5.82 Å². The summed E-state index contributed by atoms with van der Waals surface area (Å²) in [6.45, 7) is 12.9. The van der Waals surface area contributed by atoms with E-state index in [2.05, 4.69) is 53.7 Å². The molecule has 2 aromatic heterocycles. The second-order valence-electron chi connectivity index (χ2n) is 8.11. The highest BCUT2D eigenvalue weighted by Gasteiger charge is 2.19. The molecule has 1 aromatic carbocycles. The zero-order valence-corrected chi connectivity index (χ0v) is 17.6. The molecule has 0 aliphatic carbocycles. The molecule has 0 saturated carbocycles. The lowest BCUT2D eigenvalue weighted by atomic mass is 9.94. The van der Waals surface area contributed by atoms with Crippen molar-refractivity contribution in [2.24, 2.45) is 13.0 Å². The summed E-state index contributed by atoms with van der Waals surface area (Å²) >= 11 is 0. The highest BCUT2D eigenvalue weighted by Crippen LogP contribution is 2.28. The molecule has 29 heavy (non-hydrogen) atoms. The number of fused-ring (bicyclic) bond motifs is 1. The minimum atomic E-state index is 0.508. The summed E-state index contributed by atoms with van der Waals surface area (Å²) in [5, 5.41) is 8.99. The normalized spacial score (nSPS) is 15.6. The number of anilines is 1. The summed E-state index contributed by atoms with van der Waals surface area (Å²) in [5.41, 5.74) is 6.14. The van der Waals surface area contributed by atoms with E-state index in [0.29, 0.717) is 5.92 Å². The van der Waals surface area contributed by atoms with Gasteiger partial charge in [0.15, 0.2) is 0 Å². The molecule has 1 N–H and O–H groups in total. The van der Waals surface area contributed by atoms with E-state index in [-0.39, 0.29) is 0 Å². The molecule has 0 atom stereocenters. The van der Waals surface area contributed by atoms with Crippen molar-refractivity contribution in [1.29, 1.82) is 0 Å². The molecule has 5 nitrogen and oxygen atoms in total. The fourth-order valence-corrected chi connectivity index (χ4v) is 4.07. The van der Waals surface area contributed by atoms with Crippen LogP contribution in [0.2, 0.25) is 0 Å². The number of hydrogen-bond donors (Lipinski definition) is 1. The number of hydrogen-bond acceptors (Lipinski definition) is 4. The molecule has 1 aliphatic rings. The first-order chi connectivity index (χ1) is 13.9. The van der Waals surface area contributed by atoms with E-state index in [4.69, 9.17) is 4.98 Å². The van der Waals surface area contributed by atoms with Crippen molar-refractivity contribution < 1.29 is 0 Å². The van der Waals surface area contributed by atoms with Crippen molar-refractivity contribution in [3.05, 3.63) is 72.2 Å². The molecule has 0 radical (unpaired) electrons. The van der Waals surface area contributed by atoms with E-state index in [0.717, 1.165) is 70.7 Å². The lowest BCUT2D eigenvalue weighted by Crippen LogP contribution is -2.32. The monoisotopic (exact) mass is 387 g/mol. The molecular formula is C24H29N5. The zero-order valence-electron chi connectivity index (χ0n) is 17.6. The van der Waals surface area contributed by atoms with E-state index in [1.807, 2.05) is 37.0 Å². The Kier molecular flexibility index (Phi) is 5.24. The first-order valence-corrected chi connectivity index (χ1v) is 10.2. The van der Waals surface area contributed by atoms with Crippen molar-refractivity contribution in [3.8, 4) is 0 Å². The fourth-order valence-electron chi connectivity index (χ4n) is 4.07. The quantitative estimate of drug-likeness (QED) is 0.695. The van der Waals surface area contributed by atoms with Gasteiger partial charge in [-0.1, -0.05) is 19.2 Å². The standard InChI is InChI=1S/C24H29N5/c1-16(20-6-8-23-21(14-20)15-29(5)27-23)22-7-9-24(26-18(22)3)25-17(2)19-10-12-28(4)13-11-19/h6-9,14-15,19H,1-2,10-13H2,3-5H3,(H,25,26). The average molecular weight is 388 g/mol. The molecule has 4 rings (SSSR count). The van der Waals surface area contributed by atoms with Crippen LogP contribution in [0.5, 0.6) is 0 Å². The van der Waals surface area contributed by atoms with Gasteiger partial charge in [0.1, 0.15) is 5.82 Å². The summed E-state index contributed by atoms with van der Waals surface area (Å²) in [5.74, 6) is 1.36. The van der Waals surface area contributed by atoms with Crippen molar-refractivity contribution in [2.75, 3.05) is 25.5 Å². The van der Waals surface area contributed by atoms with Gasteiger partial charge in [0.05, 0.1) is 5.52 Å². The summed E-state index contributed by atoms with van der Waals surface area (Å²) in [7, 11) is 4.11. The van der Waals surface area contributed by atoms with E-state index >= 15 is 0 Å². The van der Waals surface area contributed by atoms with E-state index in [1.165, 1.54) is 0 Å². The molecule has 0 unspecified atom stereocenters. The largest absolute Gasteiger partial charge is 0.344 e. The van der Waals surface area contributed by atoms with Crippen LogP contribution in [0.1, 0.15) is 29.7 Å². The topological polar surface area (TPSA) is 46.0 Å². The van der Waals surface area contributed by atoms with Crippen LogP contribution in [0.25, 0.3) is 16.5 Å². The van der Waals surface area contributed by atoms with Gasteiger partial charge in [0, 0.05) is 41.5 Å². The minimum Gasteiger partial charge on any atom is -0.344 e. The highest BCUT2D eigenvalue weighted by molar-refractivity contribution is 5.87. The van der Waals surface area contributed by atoms with Crippen molar-refractivity contribution in [2.45, 2.75) is 19.8 Å². The van der Waals surface area contributed by atoms with Gasteiger partial charge < -0.3 is 10.2 Å². The Bertz CT molecular complexity index is 1070. The summed E-state index contributed by atoms with van der Waals surface area (Å²) in [4.78, 5) is 7.15. The van der Waals surface area contributed by atoms with Crippen molar-refractivity contribution >= 4 is 22.3 Å². The second-order valence-corrected chi connectivity index (χ2v) is 8.11. The Morgan fingerprint density at radius 2 is 1.86 bits per heavy atom. The van der Waals surface area contributed by atoms with Crippen LogP contribution in [0.3, 0.4) is 0 Å². The van der Waals surface area contributed by atoms with Crippen LogP contribution in [0.15, 0.2) is 55.4 Å². The number of nitrogens with zero attached hydrogens (tertiary/aromatic N) is 4. The van der Waals surface area contributed by atoms with Gasteiger partial charge in [-0.3, -0.25) is 4.68 Å². The van der Waals surface area contributed by atoms with Crippen molar-refractivity contribution in [1.82, 2.24) is 19.7 Å². The average Bonchev–Trinajstić information content (AvgIpc) is 3.07. The predicted octanol–water partition coefficient (Wildman–Crippen LogP) is 4.61. The maximum absolute atomic E-state index is 4.78. The molecule has 1 saturated heterocycles. The summed E-state index contributed by atoms with van der Waals surface area (Å²) in [6, 6.07) is 10.4. The number of rotatable bonds is 5. The smallest absolute Gasteiger partial charge is 0.130 e. The Labute approximate surface area is 172 Å². The molecule has 0 spiro atoms. The number of aryl methyl sites for hydroxylation is 2. The van der Waals surface area contributed by atoms with E-state index < -0.39 is 0 Å². The van der Waals surface area contributed by atoms with Crippen LogP contribution < -0.4 is 5.32 Å². The van der Waals surface area contributed by atoms with Crippen LogP contribution in [-0.4, -0.2) is 39.8 Å². The van der Waals surface area contributed by atoms with Gasteiger partial charge in [0.25, 0.3) is 0 Å². The molecule has 3 heterocycles. The number of allylic oxidation sites excluding steroid dienone is 1. The third-order valence-electron chi connectivity index (χ3n) is 5.88. The number of pyridine rings is 1. The zero-order chi connectivity index (χ0) is 20.5. The first kappa shape index (κ1) is 19.4. The fraction of sp³-hybridized carbons (Fsp3) is 0.333. The van der Waals surface area contributed by atoms with Gasteiger partial charge in [-0.25, -0.2) is 4.98 Å². The molecule has 1 aliphatic heterocycles. The number of benzene rings is 1. The lowest BCUT2D eigenvalue weighted by molar-refractivity contribution is 0.239. The first-order valence-electron chi connectivity index (χ1n) is 10.2. The van der Waals surface area contributed by atoms with E-state index in [9.17, 15) is 0 Å². The third kappa shape index (κ3) is 4.10. The predicted molar refractivity (Wildman–Crippen MR) is 121 cm³/mol. The second kappa shape index (κ2) is 7.84. The minimum absolute atomic E-state index is 0.508. The van der Waals surface area contributed by atoms with Gasteiger partial charge in [0.2, 0.25) is 0 Å². The van der Waals surface area contributed by atoms with Crippen LogP contribution in [0, 0.1) is 12.8 Å². The Morgan fingerprint density at radius 1 is 1.10 bits per heavy atom. The number of nitrogens with one attached hydrogen (secondary N) is 1. The Balaban J connectivity index is 1.50. The molecular weight excluding hydrogens is 358 g/mol. The highest BCUT2D eigenvalue weighted by atomic mass is 15.2. The summed E-state index contributed by atoms with van der Waals surface area (Å²) < 4.78 is 1.84. The Hall–Kier alpha value is -2.92. The number of likely N-dealkylation sites (tertiary alicyclic amines) is 1. The lowest BCUT2D eigenvalue weighted by Gasteiger charge is -2.30. The van der Waals surface area contributed by atoms with Crippen molar-refractivity contribution in [3.63, 3.8) is 0 Å². The third-order valence-corrected chi connectivity index (χ3v) is 5.88. The van der Waals surface area contributed by atoms with Gasteiger partial charge in [-0.15, -0.1) is 0 Å².